The number of hydrogen-bond donors (Lipinski definition) is 2. The van der Waals surface area contributed by atoms with E-state index in [0.29, 0.717) is 17.9 Å². The molecule has 1 aromatic carbocycles. The Labute approximate surface area is 123 Å². The van der Waals surface area contributed by atoms with Gasteiger partial charge >= 0.3 is 0 Å². The van der Waals surface area contributed by atoms with Crippen LogP contribution in [0, 0.1) is 20.8 Å². The molecule has 2 rings (SSSR count). The highest BCUT2D eigenvalue weighted by Crippen LogP contribution is 2.20. The van der Waals surface area contributed by atoms with Crippen LogP contribution in [0.1, 0.15) is 28.9 Å². The summed E-state index contributed by atoms with van der Waals surface area (Å²) in [4.78, 5) is 12.0. The smallest absolute Gasteiger partial charge is 0.224 e. The number of amides is 1. The monoisotopic (exact) mass is 291 g/mol. The van der Waals surface area contributed by atoms with Crippen LogP contribution in [0.3, 0.4) is 0 Å². The molecule has 0 saturated heterocycles. The van der Waals surface area contributed by atoms with Crippen molar-refractivity contribution in [2.24, 2.45) is 0 Å². The van der Waals surface area contributed by atoms with Gasteiger partial charge in [0.05, 0.1) is 5.69 Å². The van der Waals surface area contributed by atoms with Crippen LogP contribution in [0.2, 0.25) is 5.02 Å². The van der Waals surface area contributed by atoms with Gasteiger partial charge in [0.1, 0.15) is 0 Å². The van der Waals surface area contributed by atoms with Crippen molar-refractivity contribution in [3.05, 3.63) is 45.7 Å². The Morgan fingerprint density at radius 3 is 2.75 bits per heavy atom. The predicted octanol–water partition coefficient (Wildman–Crippen LogP) is 3.56. The van der Waals surface area contributed by atoms with Gasteiger partial charge in [0, 0.05) is 22.8 Å². The molecule has 0 atom stereocenters. The molecule has 2 aromatic rings. The third kappa shape index (κ3) is 3.39. The van der Waals surface area contributed by atoms with Crippen molar-refractivity contribution in [3.63, 3.8) is 0 Å². The summed E-state index contributed by atoms with van der Waals surface area (Å²) in [5.41, 5.74) is 4.85. The highest BCUT2D eigenvalue weighted by Gasteiger charge is 2.10. The second-order valence-corrected chi connectivity index (χ2v) is 5.36. The fourth-order valence-corrected chi connectivity index (χ4v) is 2.29. The highest BCUT2D eigenvalue weighted by molar-refractivity contribution is 6.31. The van der Waals surface area contributed by atoms with Crippen molar-refractivity contribution in [1.82, 2.24) is 10.2 Å². The molecule has 2 N–H and O–H groups in total. The van der Waals surface area contributed by atoms with E-state index in [1.807, 2.05) is 32.9 Å². The minimum absolute atomic E-state index is 0.0182. The van der Waals surface area contributed by atoms with Gasteiger partial charge in [-0.3, -0.25) is 9.89 Å². The molecule has 0 aliphatic rings. The summed E-state index contributed by atoms with van der Waals surface area (Å²) in [5, 5.41) is 10.6. The quantitative estimate of drug-likeness (QED) is 0.905. The Kier molecular flexibility index (Phi) is 4.45. The van der Waals surface area contributed by atoms with Gasteiger partial charge < -0.3 is 5.32 Å². The third-order valence-corrected chi connectivity index (χ3v) is 3.59. The molecule has 0 fully saturated rings. The minimum atomic E-state index is -0.0182. The van der Waals surface area contributed by atoms with Crippen LogP contribution in [0.5, 0.6) is 0 Å². The zero-order valence-electron chi connectivity index (χ0n) is 11.9. The van der Waals surface area contributed by atoms with Crippen LogP contribution in [-0.4, -0.2) is 16.1 Å². The number of carbonyl (C=O) groups is 1. The Bertz CT molecular complexity index is 615. The second kappa shape index (κ2) is 6.09. The van der Waals surface area contributed by atoms with E-state index < -0.39 is 0 Å². The lowest BCUT2D eigenvalue weighted by molar-refractivity contribution is -0.116. The minimum Gasteiger partial charge on any atom is -0.326 e. The predicted molar refractivity (Wildman–Crippen MR) is 81.2 cm³/mol. The Morgan fingerprint density at radius 1 is 1.35 bits per heavy atom. The van der Waals surface area contributed by atoms with Gasteiger partial charge in [0.2, 0.25) is 5.91 Å². The van der Waals surface area contributed by atoms with Gasteiger partial charge in [0.25, 0.3) is 0 Å². The largest absolute Gasteiger partial charge is 0.326 e. The fourth-order valence-electron chi connectivity index (χ4n) is 2.12. The van der Waals surface area contributed by atoms with Crippen LogP contribution in [0.25, 0.3) is 0 Å². The van der Waals surface area contributed by atoms with E-state index in [0.717, 1.165) is 28.2 Å². The van der Waals surface area contributed by atoms with Crippen LogP contribution in [-0.2, 0) is 11.2 Å². The van der Waals surface area contributed by atoms with Gasteiger partial charge in [-0.05, 0) is 50.5 Å². The summed E-state index contributed by atoms with van der Waals surface area (Å²) >= 11 is 5.94. The summed E-state index contributed by atoms with van der Waals surface area (Å²) in [6.07, 6.45) is 1.10. The lowest BCUT2D eigenvalue weighted by Crippen LogP contribution is -2.13. The number of nitrogens with zero attached hydrogens (tertiary/aromatic N) is 1. The van der Waals surface area contributed by atoms with Crippen molar-refractivity contribution in [2.45, 2.75) is 33.6 Å². The van der Waals surface area contributed by atoms with Gasteiger partial charge in [-0.25, -0.2) is 0 Å². The molecule has 4 nitrogen and oxygen atoms in total. The summed E-state index contributed by atoms with van der Waals surface area (Å²) in [6.45, 7) is 5.85. The molecule has 0 bridgehead atoms. The number of H-pyrrole nitrogens is 1. The number of hydrogen-bond acceptors (Lipinski definition) is 2. The molecule has 0 spiro atoms. The van der Waals surface area contributed by atoms with Crippen LogP contribution in [0.15, 0.2) is 18.2 Å². The number of aryl methyl sites for hydroxylation is 3. The highest BCUT2D eigenvalue weighted by atomic mass is 35.5. The summed E-state index contributed by atoms with van der Waals surface area (Å²) < 4.78 is 0. The summed E-state index contributed by atoms with van der Waals surface area (Å²) in [7, 11) is 0. The number of carbonyl (C=O) groups excluding carboxylic acids is 1. The van der Waals surface area contributed by atoms with Crippen molar-refractivity contribution in [1.29, 1.82) is 0 Å². The van der Waals surface area contributed by atoms with Crippen molar-refractivity contribution in [3.8, 4) is 0 Å². The molecule has 20 heavy (non-hydrogen) atoms. The van der Waals surface area contributed by atoms with Gasteiger partial charge in [0.15, 0.2) is 0 Å². The van der Waals surface area contributed by atoms with Gasteiger partial charge in [-0.15, -0.1) is 0 Å². The number of anilines is 1. The molecule has 0 unspecified atom stereocenters. The average molecular weight is 292 g/mol. The normalized spacial score (nSPS) is 10.6. The number of halogens is 1. The average Bonchev–Trinajstić information content (AvgIpc) is 2.71. The van der Waals surface area contributed by atoms with E-state index in [2.05, 4.69) is 15.5 Å². The molecule has 5 heteroatoms. The first-order valence-electron chi connectivity index (χ1n) is 6.54. The van der Waals surface area contributed by atoms with E-state index in [1.54, 1.807) is 6.07 Å². The van der Waals surface area contributed by atoms with Crippen molar-refractivity contribution >= 4 is 23.2 Å². The lowest BCUT2D eigenvalue weighted by atomic mass is 10.1. The topological polar surface area (TPSA) is 57.8 Å². The zero-order chi connectivity index (χ0) is 14.7. The van der Waals surface area contributed by atoms with Crippen LogP contribution in [0.4, 0.5) is 5.69 Å². The first-order valence-corrected chi connectivity index (χ1v) is 6.91. The molecule has 1 heterocycles. The van der Waals surface area contributed by atoms with Crippen LogP contribution < -0.4 is 5.32 Å². The maximum atomic E-state index is 12.0. The number of rotatable bonds is 4. The van der Waals surface area contributed by atoms with E-state index in [-0.39, 0.29) is 5.91 Å². The van der Waals surface area contributed by atoms with Gasteiger partial charge in [-0.1, -0.05) is 17.7 Å². The molecule has 0 aliphatic carbocycles. The standard InChI is InChI=1S/C15H18ClN3O/c1-9-4-5-12(16)8-14(9)17-15(20)7-6-13-10(2)18-19-11(13)3/h4-5,8H,6-7H2,1-3H3,(H,17,20)(H,18,19). The first kappa shape index (κ1) is 14.6. The maximum absolute atomic E-state index is 12.0. The van der Waals surface area contributed by atoms with E-state index in [4.69, 9.17) is 11.6 Å². The number of benzene rings is 1. The van der Waals surface area contributed by atoms with Crippen LogP contribution >= 0.6 is 11.6 Å². The molecule has 106 valence electrons. The van der Waals surface area contributed by atoms with Crippen molar-refractivity contribution in [2.75, 3.05) is 5.32 Å². The Balaban J connectivity index is 1.98. The molecular formula is C15H18ClN3O. The number of nitrogens with one attached hydrogen (secondary N) is 2. The summed E-state index contributed by atoms with van der Waals surface area (Å²) in [6, 6.07) is 5.47. The fraction of sp³-hybridized carbons (Fsp3) is 0.333. The molecular weight excluding hydrogens is 274 g/mol. The van der Waals surface area contributed by atoms with E-state index in [9.17, 15) is 4.79 Å². The molecule has 0 radical (unpaired) electrons. The Morgan fingerprint density at radius 2 is 2.10 bits per heavy atom. The molecule has 0 aliphatic heterocycles. The molecule has 1 amide bonds. The van der Waals surface area contributed by atoms with Crippen molar-refractivity contribution < 1.29 is 4.79 Å². The van der Waals surface area contributed by atoms with Gasteiger partial charge in [-0.2, -0.15) is 5.10 Å². The third-order valence-electron chi connectivity index (χ3n) is 3.36. The lowest BCUT2D eigenvalue weighted by Gasteiger charge is -2.09. The van der Waals surface area contributed by atoms with E-state index >= 15 is 0 Å². The van der Waals surface area contributed by atoms with E-state index in [1.165, 1.54) is 0 Å². The summed E-state index contributed by atoms with van der Waals surface area (Å²) in [5.74, 6) is -0.0182. The zero-order valence-corrected chi connectivity index (χ0v) is 12.6. The molecule has 0 saturated carbocycles. The first-order chi connectivity index (χ1) is 9.47. The number of aromatic nitrogens is 2. The second-order valence-electron chi connectivity index (χ2n) is 4.92. The number of aromatic amines is 1. The SMILES string of the molecule is Cc1ccc(Cl)cc1NC(=O)CCc1c(C)n[nH]c1C. The molecule has 1 aromatic heterocycles. The maximum Gasteiger partial charge on any atom is 0.224 e. The Hall–Kier alpha value is -1.81.